The average Bonchev–Trinajstić information content (AvgIpc) is 2.85. The van der Waals surface area contributed by atoms with Crippen LogP contribution < -0.4 is 11.5 Å². The second kappa shape index (κ2) is 6.80. The van der Waals surface area contributed by atoms with Gasteiger partial charge in [0.25, 0.3) is 0 Å². The maximum absolute atomic E-state index is 5.83. The summed E-state index contributed by atoms with van der Waals surface area (Å²) in [5.74, 6) is 0.566. The van der Waals surface area contributed by atoms with Crippen LogP contribution in [0, 0.1) is 6.92 Å². The van der Waals surface area contributed by atoms with Crippen LogP contribution in [0.15, 0.2) is 46.4 Å². The Hall–Kier alpha value is -2.01. The summed E-state index contributed by atoms with van der Waals surface area (Å²) in [6, 6.07) is 7.74. The van der Waals surface area contributed by atoms with Crippen LogP contribution in [0.1, 0.15) is 5.56 Å². The molecule has 0 atom stereocenters. The summed E-state index contributed by atoms with van der Waals surface area (Å²) in [7, 11) is 0. The summed E-state index contributed by atoms with van der Waals surface area (Å²) >= 11 is 0. The first-order chi connectivity index (χ1) is 8.65. The van der Waals surface area contributed by atoms with Gasteiger partial charge in [0.1, 0.15) is 0 Å². The number of benzene rings is 1. The smallest absolute Gasteiger partial charge is 0.223 e. The van der Waals surface area contributed by atoms with Crippen molar-refractivity contribution in [2.24, 2.45) is 21.5 Å². The van der Waals surface area contributed by atoms with E-state index in [-0.39, 0.29) is 18.4 Å². The largest absolute Gasteiger partial charge is 0.369 e. The van der Waals surface area contributed by atoms with E-state index in [0.29, 0.717) is 5.96 Å². The topological polar surface area (TPSA) is 80.0 Å². The third-order valence-electron chi connectivity index (χ3n) is 2.65. The van der Waals surface area contributed by atoms with Crippen molar-refractivity contribution >= 4 is 30.0 Å². The molecule has 0 unspecified atom stereocenters. The molecule has 0 saturated carbocycles. The molecule has 1 aliphatic rings. The van der Waals surface area contributed by atoms with E-state index in [1.165, 1.54) is 5.56 Å². The molecule has 0 aromatic heterocycles. The Kier molecular flexibility index (Phi) is 5.38. The molecule has 6 heteroatoms. The zero-order valence-electron chi connectivity index (χ0n) is 10.8. The molecular weight excluding hydrogens is 262 g/mol. The molecule has 4 N–H and O–H groups in total. The van der Waals surface area contributed by atoms with Crippen molar-refractivity contribution in [1.29, 1.82) is 0 Å². The quantitative estimate of drug-likeness (QED) is 0.465. The molecule has 19 heavy (non-hydrogen) atoms. The molecular formula is C13H18ClN5. The molecule has 1 aliphatic heterocycles. The van der Waals surface area contributed by atoms with Gasteiger partial charge in [0.15, 0.2) is 5.96 Å². The molecule has 1 heterocycles. The molecule has 0 aliphatic carbocycles. The van der Waals surface area contributed by atoms with E-state index in [9.17, 15) is 0 Å². The van der Waals surface area contributed by atoms with Crippen LogP contribution in [-0.2, 0) is 0 Å². The number of hydrogen-bond donors (Lipinski definition) is 2. The van der Waals surface area contributed by atoms with Crippen LogP contribution in [-0.4, -0.2) is 29.9 Å². The predicted molar refractivity (Wildman–Crippen MR) is 82.0 cm³/mol. The first-order valence-electron chi connectivity index (χ1n) is 5.80. The number of hydrogen-bond acceptors (Lipinski definition) is 1. The minimum Gasteiger partial charge on any atom is -0.369 e. The minimum atomic E-state index is 0. The Labute approximate surface area is 119 Å². The maximum atomic E-state index is 5.83. The summed E-state index contributed by atoms with van der Waals surface area (Å²) in [4.78, 5) is 10.2. The van der Waals surface area contributed by atoms with Crippen LogP contribution in [0.5, 0.6) is 0 Å². The Balaban J connectivity index is 0.00000180. The monoisotopic (exact) mass is 279 g/mol. The fourth-order valence-electron chi connectivity index (χ4n) is 1.63. The van der Waals surface area contributed by atoms with Crippen molar-refractivity contribution in [1.82, 2.24) is 4.90 Å². The van der Waals surface area contributed by atoms with Crippen LogP contribution in [0.4, 0.5) is 5.69 Å². The van der Waals surface area contributed by atoms with Gasteiger partial charge >= 0.3 is 0 Å². The van der Waals surface area contributed by atoms with Crippen molar-refractivity contribution in [3.8, 4) is 0 Å². The number of guanidine groups is 2. The van der Waals surface area contributed by atoms with Gasteiger partial charge in [0, 0.05) is 13.1 Å². The normalized spacial score (nSPS) is 15.5. The molecule has 1 aromatic rings. The van der Waals surface area contributed by atoms with Gasteiger partial charge in [0.2, 0.25) is 5.96 Å². The van der Waals surface area contributed by atoms with Gasteiger partial charge < -0.3 is 16.4 Å². The highest BCUT2D eigenvalue weighted by Gasteiger charge is 2.08. The second-order valence-electron chi connectivity index (χ2n) is 4.15. The zero-order chi connectivity index (χ0) is 13.0. The summed E-state index contributed by atoms with van der Waals surface area (Å²) in [6.45, 7) is 3.56. The number of halogens is 1. The molecule has 2 rings (SSSR count). The van der Waals surface area contributed by atoms with Gasteiger partial charge in [-0.25, -0.2) is 4.99 Å². The van der Waals surface area contributed by atoms with Gasteiger partial charge in [-0.05, 0) is 19.1 Å². The molecule has 0 bridgehead atoms. The summed E-state index contributed by atoms with van der Waals surface area (Å²) in [5, 5.41) is 0. The third-order valence-corrected chi connectivity index (χ3v) is 2.65. The SMILES string of the molecule is Cc1ccc(N=C(N)N=C(N)N2CC=CC2)cc1.Cl. The van der Waals surface area contributed by atoms with Crippen molar-refractivity contribution in [2.75, 3.05) is 13.1 Å². The fraction of sp³-hybridized carbons (Fsp3) is 0.231. The van der Waals surface area contributed by atoms with E-state index < -0.39 is 0 Å². The Morgan fingerprint density at radius 3 is 2.26 bits per heavy atom. The van der Waals surface area contributed by atoms with Crippen LogP contribution >= 0.6 is 12.4 Å². The number of aryl methyl sites for hydroxylation is 1. The molecule has 0 radical (unpaired) electrons. The lowest BCUT2D eigenvalue weighted by atomic mass is 10.2. The van der Waals surface area contributed by atoms with Crippen LogP contribution in [0.3, 0.4) is 0 Å². The first-order valence-corrected chi connectivity index (χ1v) is 5.80. The lowest BCUT2D eigenvalue weighted by molar-refractivity contribution is 0.534. The predicted octanol–water partition coefficient (Wildman–Crippen LogP) is 1.55. The number of nitrogens with two attached hydrogens (primary N) is 2. The standard InChI is InChI=1S/C13H17N5.ClH/c1-10-4-6-11(7-5-10)16-12(14)17-13(15)18-8-2-3-9-18;/h2-7H,8-9H2,1H3,(H4,14,15,16,17);1H. The Morgan fingerprint density at radius 2 is 1.68 bits per heavy atom. The maximum Gasteiger partial charge on any atom is 0.223 e. The molecule has 0 spiro atoms. The van der Waals surface area contributed by atoms with Crippen molar-refractivity contribution in [2.45, 2.75) is 6.92 Å². The van der Waals surface area contributed by atoms with Gasteiger partial charge in [0.05, 0.1) is 5.69 Å². The van der Waals surface area contributed by atoms with E-state index in [0.717, 1.165) is 18.8 Å². The lowest BCUT2D eigenvalue weighted by Crippen LogP contribution is -2.36. The van der Waals surface area contributed by atoms with E-state index in [1.54, 1.807) is 0 Å². The summed E-state index contributed by atoms with van der Waals surface area (Å²) in [5.41, 5.74) is 13.5. The van der Waals surface area contributed by atoms with Gasteiger partial charge in [-0.3, -0.25) is 0 Å². The fourth-order valence-corrected chi connectivity index (χ4v) is 1.63. The highest BCUT2D eigenvalue weighted by Crippen LogP contribution is 2.12. The number of aliphatic imine (C=N–C) groups is 2. The lowest BCUT2D eigenvalue weighted by Gasteiger charge is -2.15. The van der Waals surface area contributed by atoms with Gasteiger partial charge in [-0.2, -0.15) is 4.99 Å². The van der Waals surface area contributed by atoms with Crippen LogP contribution in [0.25, 0.3) is 0 Å². The summed E-state index contributed by atoms with van der Waals surface area (Å²) in [6.07, 6.45) is 4.07. The van der Waals surface area contributed by atoms with Crippen molar-refractivity contribution in [3.63, 3.8) is 0 Å². The van der Waals surface area contributed by atoms with E-state index in [4.69, 9.17) is 11.5 Å². The first kappa shape index (κ1) is 15.0. The zero-order valence-corrected chi connectivity index (χ0v) is 11.6. The molecule has 102 valence electrons. The van der Waals surface area contributed by atoms with Crippen LogP contribution in [0.2, 0.25) is 0 Å². The van der Waals surface area contributed by atoms with Gasteiger partial charge in [-0.15, -0.1) is 12.4 Å². The molecule has 0 saturated heterocycles. The highest BCUT2D eigenvalue weighted by atomic mass is 35.5. The second-order valence-corrected chi connectivity index (χ2v) is 4.15. The molecule has 5 nitrogen and oxygen atoms in total. The van der Waals surface area contributed by atoms with E-state index >= 15 is 0 Å². The van der Waals surface area contributed by atoms with E-state index in [1.807, 2.05) is 48.2 Å². The molecule has 0 amide bonds. The highest BCUT2D eigenvalue weighted by molar-refractivity contribution is 5.94. The summed E-state index contributed by atoms with van der Waals surface area (Å²) < 4.78 is 0. The Morgan fingerprint density at radius 1 is 1.11 bits per heavy atom. The minimum absolute atomic E-state index is 0. The van der Waals surface area contributed by atoms with Crippen molar-refractivity contribution in [3.05, 3.63) is 42.0 Å². The number of nitrogens with zero attached hydrogens (tertiary/aromatic N) is 3. The van der Waals surface area contributed by atoms with Gasteiger partial charge in [-0.1, -0.05) is 29.8 Å². The van der Waals surface area contributed by atoms with E-state index in [2.05, 4.69) is 9.98 Å². The van der Waals surface area contributed by atoms with Crippen molar-refractivity contribution < 1.29 is 0 Å². The third kappa shape index (κ3) is 4.30. The number of rotatable bonds is 1. The average molecular weight is 280 g/mol. The molecule has 1 aromatic carbocycles. The molecule has 0 fully saturated rings. The Bertz CT molecular complexity index is 496.